The number of urea groups is 1. The van der Waals surface area contributed by atoms with Gasteiger partial charge in [0, 0.05) is 17.8 Å². The fraction of sp³-hybridized carbons (Fsp3) is 0.444. The Bertz CT molecular complexity index is 716. The second kappa shape index (κ2) is 6.07. The van der Waals surface area contributed by atoms with Crippen molar-refractivity contribution in [2.75, 3.05) is 11.9 Å². The molecule has 0 unspecified atom stereocenters. The first-order valence-corrected chi connectivity index (χ1v) is 8.05. The van der Waals surface area contributed by atoms with Crippen molar-refractivity contribution in [2.45, 2.75) is 46.6 Å². The summed E-state index contributed by atoms with van der Waals surface area (Å²) < 4.78 is 5.28. The number of amides is 2. The summed E-state index contributed by atoms with van der Waals surface area (Å²) in [7, 11) is 0. The lowest BCUT2D eigenvalue weighted by Gasteiger charge is -2.25. The van der Waals surface area contributed by atoms with Crippen molar-refractivity contribution >= 4 is 11.7 Å². The molecule has 2 amide bonds. The monoisotopic (exact) mass is 313 g/mol. The SMILES string of the molecule is Cc1ccc(C)c(NC(=O)N2CCC[C@H]2c2c(C)noc2C)c1. The van der Waals surface area contributed by atoms with Crippen molar-refractivity contribution in [1.29, 1.82) is 0 Å². The van der Waals surface area contributed by atoms with E-state index in [0.29, 0.717) is 0 Å². The van der Waals surface area contributed by atoms with Gasteiger partial charge in [-0.2, -0.15) is 0 Å². The topological polar surface area (TPSA) is 58.4 Å². The third-order valence-electron chi connectivity index (χ3n) is 4.57. The fourth-order valence-corrected chi connectivity index (χ4v) is 3.33. The number of benzene rings is 1. The van der Waals surface area contributed by atoms with Crippen LogP contribution in [0.3, 0.4) is 0 Å². The molecule has 2 aromatic rings. The summed E-state index contributed by atoms with van der Waals surface area (Å²) in [6, 6.07) is 6.08. The number of likely N-dealkylation sites (tertiary alicyclic amines) is 1. The molecule has 5 heteroatoms. The number of anilines is 1. The molecular formula is C18H23N3O2. The Hall–Kier alpha value is -2.30. The second-order valence-electron chi connectivity index (χ2n) is 6.34. The lowest BCUT2D eigenvalue weighted by atomic mass is 10.0. The molecule has 1 aliphatic heterocycles. The quantitative estimate of drug-likeness (QED) is 0.900. The molecule has 0 spiro atoms. The van der Waals surface area contributed by atoms with Crippen LogP contribution in [0.25, 0.3) is 0 Å². The van der Waals surface area contributed by atoms with Gasteiger partial charge in [0.25, 0.3) is 0 Å². The number of rotatable bonds is 2. The standard InChI is InChI=1S/C18H23N3O2/c1-11-7-8-12(2)15(10-11)19-18(22)21-9-5-6-16(21)17-13(3)20-23-14(17)4/h7-8,10,16H,5-6,9H2,1-4H3,(H,19,22)/t16-/m0/s1. The minimum atomic E-state index is -0.0544. The van der Waals surface area contributed by atoms with Crippen molar-refractivity contribution in [1.82, 2.24) is 10.1 Å². The molecule has 122 valence electrons. The number of carbonyl (C=O) groups excluding carboxylic acids is 1. The van der Waals surface area contributed by atoms with Gasteiger partial charge >= 0.3 is 6.03 Å². The maximum absolute atomic E-state index is 12.8. The molecule has 23 heavy (non-hydrogen) atoms. The van der Waals surface area contributed by atoms with Gasteiger partial charge in [-0.25, -0.2) is 4.79 Å². The Morgan fingerprint density at radius 1 is 1.30 bits per heavy atom. The van der Waals surface area contributed by atoms with E-state index in [9.17, 15) is 4.79 Å². The molecule has 0 saturated carbocycles. The first kappa shape index (κ1) is 15.6. The highest BCUT2D eigenvalue weighted by atomic mass is 16.5. The van der Waals surface area contributed by atoms with E-state index >= 15 is 0 Å². The summed E-state index contributed by atoms with van der Waals surface area (Å²) in [5.74, 6) is 0.805. The van der Waals surface area contributed by atoms with Crippen LogP contribution in [0.1, 0.15) is 47.0 Å². The summed E-state index contributed by atoms with van der Waals surface area (Å²) in [6.45, 7) is 8.63. The van der Waals surface area contributed by atoms with Crippen LogP contribution in [0.4, 0.5) is 10.5 Å². The fourth-order valence-electron chi connectivity index (χ4n) is 3.33. The Labute approximate surface area is 136 Å². The van der Waals surface area contributed by atoms with Crippen molar-refractivity contribution < 1.29 is 9.32 Å². The largest absolute Gasteiger partial charge is 0.361 e. The van der Waals surface area contributed by atoms with Gasteiger partial charge in [-0.1, -0.05) is 17.3 Å². The highest BCUT2D eigenvalue weighted by Gasteiger charge is 2.33. The molecule has 1 aliphatic rings. The van der Waals surface area contributed by atoms with Crippen molar-refractivity contribution in [2.24, 2.45) is 0 Å². The molecule has 0 aliphatic carbocycles. The predicted molar refractivity (Wildman–Crippen MR) is 89.6 cm³/mol. The first-order chi connectivity index (χ1) is 11.0. The number of nitrogens with zero attached hydrogens (tertiary/aromatic N) is 2. The predicted octanol–water partition coefficient (Wildman–Crippen LogP) is 4.28. The molecule has 1 atom stereocenters. The van der Waals surface area contributed by atoms with Crippen LogP contribution in [0.2, 0.25) is 0 Å². The zero-order valence-corrected chi connectivity index (χ0v) is 14.1. The summed E-state index contributed by atoms with van der Waals surface area (Å²) >= 11 is 0. The second-order valence-corrected chi connectivity index (χ2v) is 6.34. The maximum atomic E-state index is 12.8. The average molecular weight is 313 g/mol. The Balaban J connectivity index is 1.83. The summed E-state index contributed by atoms with van der Waals surface area (Å²) in [6.07, 6.45) is 1.94. The molecule has 1 N–H and O–H groups in total. The molecule has 1 aromatic carbocycles. The molecule has 3 rings (SSSR count). The Kier molecular flexibility index (Phi) is 4.11. The molecule has 1 fully saturated rings. The third-order valence-corrected chi connectivity index (χ3v) is 4.57. The smallest absolute Gasteiger partial charge is 0.322 e. The summed E-state index contributed by atoms with van der Waals surface area (Å²) in [5.41, 5.74) is 5.00. The third kappa shape index (κ3) is 2.96. The number of aromatic nitrogens is 1. The van der Waals surface area contributed by atoms with Gasteiger partial charge in [-0.15, -0.1) is 0 Å². The van der Waals surface area contributed by atoms with E-state index in [-0.39, 0.29) is 12.1 Å². The van der Waals surface area contributed by atoms with Crippen LogP contribution in [0.5, 0.6) is 0 Å². The highest BCUT2D eigenvalue weighted by Crippen LogP contribution is 2.36. The summed E-state index contributed by atoms with van der Waals surface area (Å²) in [5, 5.41) is 7.09. The first-order valence-electron chi connectivity index (χ1n) is 8.05. The van der Waals surface area contributed by atoms with Gasteiger partial charge in [0.05, 0.1) is 11.7 Å². The Morgan fingerprint density at radius 3 is 2.78 bits per heavy atom. The average Bonchev–Trinajstić information content (AvgIpc) is 3.09. The Morgan fingerprint density at radius 2 is 2.09 bits per heavy atom. The van der Waals surface area contributed by atoms with E-state index in [0.717, 1.165) is 53.2 Å². The molecule has 1 saturated heterocycles. The molecule has 1 aromatic heterocycles. The van der Waals surface area contributed by atoms with Gasteiger partial charge in [0.2, 0.25) is 0 Å². The number of hydrogen-bond donors (Lipinski definition) is 1. The summed E-state index contributed by atoms with van der Waals surface area (Å²) in [4.78, 5) is 14.7. The molecule has 0 bridgehead atoms. The van der Waals surface area contributed by atoms with E-state index in [2.05, 4.69) is 10.5 Å². The van der Waals surface area contributed by atoms with Gasteiger partial charge in [-0.05, 0) is 57.7 Å². The van der Waals surface area contributed by atoms with Crippen LogP contribution >= 0.6 is 0 Å². The van der Waals surface area contributed by atoms with Crippen LogP contribution < -0.4 is 5.32 Å². The van der Waals surface area contributed by atoms with Crippen molar-refractivity contribution in [3.05, 3.63) is 46.3 Å². The van der Waals surface area contributed by atoms with Crippen molar-refractivity contribution in [3.63, 3.8) is 0 Å². The lowest BCUT2D eigenvalue weighted by molar-refractivity contribution is 0.206. The van der Waals surface area contributed by atoms with Gasteiger partial charge in [-0.3, -0.25) is 0 Å². The zero-order chi connectivity index (χ0) is 16.6. The number of nitrogens with one attached hydrogen (secondary N) is 1. The van der Waals surface area contributed by atoms with Crippen LogP contribution in [-0.4, -0.2) is 22.6 Å². The van der Waals surface area contributed by atoms with E-state index < -0.39 is 0 Å². The molecule has 5 nitrogen and oxygen atoms in total. The number of carbonyl (C=O) groups is 1. The van der Waals surface area contributed by atoms with E-state index in [4.69, 9.17) is 4.52 Å². The number of hydrogen-bond acceptors (Lipinski definition) is 3. The molecule has 2 heterocycles. The lowest BCUT2D eigenvalue weighted by Crippen LogP contribution is -2.35. The van der Waals surface area contributed by atoms with E-state index in [1.54, 1.807) is 0 Å². The minimum absolute atomic E-state index is 0.0476. The van der Waals surface area contributed by atoms with E-state index in [1.165, 1.54) is 0 Å². The van der Waals surface area contributed by atoms with Gasteiger partial charge in [0.1, 0.15) is 5.76 Å². The minimum Gasteiger partial charge on any atom is -0.361 e. The highest BCUT2D eigenvalue weighted by molar-refractivity contribution is 5.90. The van der Waals surface area contributed by atoms with Crippen LogP contribution in [0.15, 0.2) is 22.7 Å². The van der Waals surface area contributed by atoms with Crippen LogP contribution in [0, 0.1) is 27.7 Å². The van der Waals surface area contributed by atoms with Crippen LogP contribution in [-0.2, 0) is 0 Å². The normalized spacial score (nSPS) is 17.6. The number of aryl methyl sites for hydroxylation is 4. The molecule has 0 radical (unpaired) electrons. The zero-order valence-electron chi connectivity index (χ0n) is 14.1. The van der Waals surface area contributed by atoms with Gasteiger partial charge in [0.15, 0.2) is 0 Å². The molecular weight excluding hydrogens is 290 g/mol. The van der Waals surface area contributed by atoms with Crippen molar-refractivity contribution in [3.8, 4) is 0 Å². The van der Waals surface area contributed by atoms with Gasteiger partial charge < -0.3 is 14.7 Å². The maximum Gasteiger partial charge on any atom is 0.322 e. The van der Waals surface area contributed by atoms with E-state index in [1.807, 2.05) is 50.8 Å².